The fourth-order valence-electron chi connectivity index (χ4n) is 9.81. The SMILES string of the molecule is CCCN(C)C1CCC(c2cnc3[nH]cc(-c4cnn(C)c4)c3c2)CC1.CCCN(C)C1CCC(c2cnc3c(c2)c(-c2cnn(C)c2)cn3S(=O)(=O)c2ccccc2)CC1. The van der Waals surface area contributed by atoms with Gasteiger partial charge in [-0.1, -0.05) is 32.0 Å². The molecule has 0 unspecified atom stereocenters. The van der Waals surface area contributed by atoms with E-state index in [-0.39, 0.29) is 4.90 Å². The standard InChI is InChI=1S/C27H33N5O2S.C21H29N5/c1-4-14-30(2)23-12-10-20(11-13-23)21-15-25-26(22-17-29-31(3)18-22)19-32(27(25)28-16-21)35(33,34)24-8-6-5-7-9-24;1-4-9-25(2)18-7-5-15(6-8-18)16-10-19-20(13-23-21(19)22-11-16)17-12-24-26(3)14-17/h5-9,15-20,23H,4,10-14H2,1-3H3;10-15,18H,4-9H2,1-3H3,(H,22,23). The number of aromatic amines is 1. The first-order chi connectivity index (χ1) is 29.5. The highest BCUT2D eigenvalue weighted by molar-refractivity contribution is 7.90. The van der Waals surface area contributed by atoms with Crippen LogP contribution in [0, 0.1) is 0 Å². The molecule has 322 valence electrons. The number of pyridine rings is 2. The molecule has 0 aliphatic heterocycles. The van der Waals surface area contributed by atoms with E-state index in [2.05, 4.69) is 83.6 Å². The normalized spacial score (nSPS) is 19.8. The Morgan fingerprint density at radius 1 is 0.672 bits per heavy atom. The lowest BCUT2D eigenvalue weighted by Gasteiger charge is -2.34. The smallest absolute Gasteiger partial charge is 0.269 e. The third kappa shape index (κ3) is 9.10. The lowest BCUT2D eigenvalue weighted by atomic mass is 9.81. The van der Waals surface area contributed by atoms with Crippen LogP contribution >= 0.6 is 0 Å². The van der Waals surface area contributed by atoms with Gasteiger partial charge in [-0.3, -0.25) is 9.36 Å². The number of H-pyrrole nitrogens is 1. The third-order valence-corrected chi connectivity index (χ3v) is 14.9. The zero-order valence-corrected chi connectivity index (χ0v) is 37.5. The number of rotatable bonds is 12. The summed E-state index contributed by atoms with van der Waals surface area (Å²) in [6.07, 6.45) is 27.5. The molecule has 2 aliphatic carbocycles. The van der Waals surface area contributed by atoms with Gasteiger partial charge in [0.1, 0.15) is 5.65 Å². The van der Waals surface area contributed by atoms with Crippen LogP contribution in [0.5, 0.6) is 0 Å². The van der Waals surface area contributed by atoms with E-state index in [1.807, 2.05) is 43.4 Å². The van der Waals surface area contributed by atoms with Crippen molar-refractivity contribution >= 4 is 32.1 Å². The van der Waals surface area contributed by atoms with Crippen molar-refractivity contribution in [3.8, 4) is 22.3 Å². The summed E-state index contributed by atoms with van der Waals surface area (Å²) in [6, 6.07) is 14.4. The number of hydrogen-bond donors (Lipinski definition) is 1. The third-order valence-electron chi connectivity index (χ3n) is 13.3. The number of nitrogens with one attached hydrogen (secondary N) is 1. The molecular weight excluding hydrogens is 781 g/mol. The van der Waals surface area contributed by atoms with Crippen LogP contribution in [0.3, 0.4) is 0 Å². The van der Waals surface area contributed by atoms with Crippen molar-refractivity contribution in [2.45, 2.75) is 107 Å². The lowest BCUT2D eigenvalue weighted by Crippen LogP contribution is -2.35. The predicted molar refractivity (Wildman–Crippen MR) is 245 cm³/mol. The largest absolute Gasteiger partial charge is 0.346 e. The van der Waals surface area contributed by atoms with Gasteiger partial charge in [-0.15, -0.1) is 0 Å². The molecule has 0 atom stereocenters. The maximum absolute atomic E-state index is 13.5. The monoisotopic (exact) mass is 842 g/mol. The van der Waals surface area contributed by atoms with Gasteiger partial charge in [-0.25, -0.2) is 22.4 Å². The van der Waals surface area contributed by atoms with Gasteiger partial charge < -0.3 is 14.8 Å². The molecule has 61 heavy (non-hydrogen) atoms. The Labute approximate surface area is 361 Å². The van der Waals surface area contributed by atoms with E-state index >= 15 is 0 Å². The highest BCUT2D eigenvalue weighted by Crippen LogP contribution is 2.39. The molecule has 12 nitrogen and oxygen atoms in total. The van der Waals surface area contributed by atoms with E-state index in [0.29, 0.717) is 23.5 Å². The second kappa shape index (κ2) is 18.5. The van der Waals surface area contributed by atoms with Gasteiger partial charge in [-0.05, 0) is 139 Å². The first-order valence-corrected chi connectivity index (χ1v) is 23.6. The van der Waals surface area contributed by atoms with Crippen LogP contribution in [-0.4, -0.2) is 96.0 Å². The number of benzene rings is 1. The molecule has 6 heterocycles. The summed E-state index contributed by atoms with van der Waals surface area (Å²) in [5.41, 5.74) is 8.04. The predicted octanol–water partition coefficient (Wildman–Crippen LogP) is 9.37. The Morgan fingerprint density at radius 3 is 1.72 bits per heavy atom. The van der Waals surface area contributed by atoms with Gasteiger partial charge in [0.15, 0.2) is 5.65 Å². The fourth-order valence-corrected chi connectivity index (χ4v) is 11.2. The maximum Gasteiger partial charge on any atom is 0.269 e. The first kappa shape index (κ1) is 42.6. The molecule has 0 amide bonds. The number of hydrogen-bond acceptors (Lipinski definition) is 8. The van der Waals surface area contributed by atoms with E-state index in [9.17, 15) is 8.42 Å². The molecule has 0 spiro atoms. The molecule has 13 heteroatoms. The summed E-state index contributed by atoms with van der Waals surface area (Å²) in [5, 5.41) is 10.7. The summed E-state index contributed by atoms with van der Waals surface area (Å²) in [4.78, 5) is 18.0. The quantitative estimate of drug-likeness (QED) is 0.129. The van der Waals surface area contributed by atoms with Crippen molar-refractivity contribution in [3.05, 3.63) is 103 Å². The van der Waals surface area contributed by atoms with E-state index in [1.54, 1.807) is 41.3 Å². The number of aromatic nitrogens is 8. The zero-order valence-electron chi connectivity index (χ0n) is 36.7. The number of aryl methyl sites for hydroxylation is 2. The number of nitrogens with zero attached hydrogens (tertiary/aromatic N) is 9. The minimum Gasteiger partial charge on any atom is -0.346 e. The second-order valence-electron chi connectivity index (χ2n) is 17.4. The Balaban J connectivity index is 0.000000176. The van der Waals surface area contributed by atoms with Crippen LogP contribution in [-0.2, 0) is 24.1 Å². The minimum absolute atomic E-state index is 0.245. The Morgan fingerprint density at radius 2 is 1.20 bits per heavy atom. The molecule has 2 aliphatic rings. The molecular formula is C48H62N10O2S. The average molecular weight is 843 g/mol. The van der Waals surface area contributed by atoms with E-state index in [4.69, 9.17) is 9.97 Å². The molecule has 0 radical (unpaired) electrons. The van der Waals surface area contributed by atoms with Crippen molar-refractivity contribution < 1.29 is 8.42 Å². The molecule has 1 N–H and O–H groups in total. The Bertz CT molecular complexity index is 2640. The Hall–Kier alpha value is -5.11. The van der Waals surface area contributed by atoms with Crippen molar-refractivity contribution in [2.75, 3.05) is 27.2 Å². The van der Waals surface area contributed by atoms with Crippen molar-refractivity contribution in [1.82, 2.24) is 48.3 Å². The van der Waals surface area contributed by atoms with Crippen molar-refractivity contribution in [3.63, 3.8) is 0 Å². The van der Waals surface area contributed by atoms with Crippen LogP contribution < -0.4 is 0 Å². The van der Waals surface area contributed by atoms with E-state index < -0.39 is 10.0 Å². The van der Waals surface area contributed by atoms with Crippen LogP contribution in [0.15, 0.2) is 96.9 Å². The van der Waals surface area contributed by atoms with Crippen LogP contribution in [0.2, 0.25) is 0 Å². The summed E-state index contributed by atoms with van der Waals surface area (Å²) in [6.45, 7) is 6.84. The van der Waals surface area contributed by atoms with E-state index in [1.165, 1.54) is 84.0 Å². The molecule has 0 saturated heterocycles. The molecule has 6 aromatic heterocycles. The highest BCUT2D eigenvalue weighted by atomic mass is 32.2. The van der Waals surface area contributed by atoms with Crippen LogP contribution in [0.1, 0.15) is 101 Å². The maximum atomic E-state index is 13.5. The zero-order chi connectivity index (χ0) is 42.7. The second-order valence-corrected chi connectivity index (χ2v) is 19.3. The fraction of sp³-hybridized carbons (Fsp3) is 0.458. The summed E-state index contributed by atoms with van der Waals surface area (Å²) >= 11 is 0. The average Bonchev–Trinajstić information content (AvgIpc) is 4.10. The van der Waals surface area contributed by atoms with Gasteiger partial charge in [-0.2, -0.15) is 10.2 Å². The number of fused-ring (bicyclic) bond motifs is 2. The van der Waals surface area contributed by atoms with Gasteiger partial charge >= 0.3 is 0 Å². The topological polar surface area (TPSA) is 123 Å². The van der Waals surface area contributed by atoms with Gasteiger partial charge in [0.25, 0.3) is 10.0 Å². The van der Waals surface area contributed by atoms with Gasteiger partial charge in [0.05, 0.1) is 17.3 Å². The molecule has 7 aromatic rings. The highest BCUT2D eigenvalue weighted by Gasteiger charge is 2.28. The summed E-state index contributed by atoms with van der Waals surface area (Å²) < 4.78 is 32.0. The summed E-state index contributed by atoms with van der Waals surface area (Å²) in [5.74, 6) is 1.07. The Kier molecular flexibility index (Phi) is 12.9. The minimum atomic E-state index is -3.78. The molecule has 1 aromatic carbocycles. The van der Waals surface area contributed by atoms with Crippen molar-refractivity contribution in [2.24, 2.45) is 14.1 Å². The molecule has 2 fully saturated rings. The molecule has 0 bridgehead atoms. The molecule has 2 saturated carbocycles. The first-order valence-electron chi connectivity index (χ1n) is 22.2. The lowest BCUT2D eigenvalue weighted by molar-refractivity contribution is 0.183. The van der Waals surface area contributed by atoms with E-state index in [0.717, 1.165) is 53.2 Å². The van der Waals surface area contributed by atoms with Gasteiger partial charge in [0, 0.05) is 96.4 Å². The van der Waals surface area contributed by atoms with Gasteiger partial charge in [0.2, 0.25) is 0 Å². The molecule has 9 rings (SSSR count). The van der Waals surface area contributed by atoms with Crippen molar-refractivity contribution in [1.29, 1.82) is 0 Å². The van der Waals surface area contributed by atoms with Crippen LogP contribution in [0.4, 0.5) is 0 Å². The van der Waals surface area contributed by atoms with Crippen LogP contribution in [0.25, 0.3) is 44.3 Å². The summed E-state index contributed by atoms with van der Waals surface area (Å²) in [7, 11) is 4.55.